The monoisotopic (exact) mass is 673 g/mol. The van der Waals surface area contributed by atoms with Gasteiger partial charge in [-0.05, 0) is 83.6 Å². The number of tetrazole rings is 1. The van der Waals surface area contributed by atoms with Crippen LogP contribution < -0.4 is 16.2 Å². The number of hydrogen-bond acceptors (Lipinski definition) is 9. The largest absolute Gasteiger partial charge is 0.453 e. The highest BCUT2D eigenvalue weighted by Gasteiger charge is 2.29. The van der Waals surface area contributed by atoms with Gasteiger partial charge in [-0.1, -0.05) is 37.6 Å². The van der Waals surface area contributed by atoms with E-state index in [1.807, 2.05) is 18.7 Å². The number of hydrogen-bond donors (Lipinski definition) is 3. The lowest BCUT2D eigenvalue weighted by atomic mass is 9.89. The fraction of sp³-hybridized carbons (Fsp3) is 0.333. The van der Waals surface area contributed by atoms with E-state index in [0.717, 1.165) is 12.8 Å². The first-order valence-corrected chi connectivity index (χ1v) is 15.8. The number of H-pyrrole nitrogens is 1. The SMILES string of the molecule is COC(=O)Nc1ccc(-c2cc(C(CC3CCCN(C(=O)C(C)C)C3)NC(=O)C=Cc3cc(Cl)ccc3-n3cnnn3)n[nH]c2=O)cc1. The van der Waals surface area contributed by atoms with Crippen molar-refractivity contribution < 1.29 is 19.1 Å². The molecule has 1 aliphatic rings. The summed E-state index contributed by atoms with van der Waals surface area (Å²) in [4.78, 5) is 52.7. The molecule has 0 saturated carbocycles. The summed E-state index contributed by atoms with van der Waals surface area (Å²) in [6.45, 7) is 5.02. The number of methoxy groups -OCH3 is 1. The van der Waals surface area contributed by atoms with E-state index in [4.69, 9.17) is 11.6 Å². The Morgan fingerprint density at radius 3 is 2.65 bits per heavy atom. The van der Waals surface area contributed by atoms with Gasteiger partial charge in [-0.2, -0.15) is 9.78 Å². The Balaban J connectivity index is 1.43. The van der Waals surface area contributed by atoms with E-state index in [0.29, 0.717) is 58.3 Å². The van der Waals surface area contributed by atoms with Crippen molar-refractivity contribution in [2.45, 2.75) is 39.2 Å². The second-order valence-electron chi connectivity index (χ2n) is 11.8. The summed E-state index contributed by atoms with van der Waals surface area (Å²) in [6, 6.07) is 12.9. The van der Waals surface area contributed by atoms with Gasteiger partial charge in [0.05, 0.1) is 30.1 Å². The quantitative estimate of drug-likeness (QED) is 0.206. The third kappa shape index (κ3) is 8.50. The Labute approximate surface area is 281 Å². The van der Waals surface area contributed by atoms with E-state index in [2.05, 4.69) is 41.1 Å². The van der Waals surface area contributed by atoms with Gasteiger partial charge in [0.2, 0.25) is 11.8 Å². The van der Waals surface area contributed by atoms with E-state index in [9.17, 15) is 19.2 Å². The highest BCUT2D eigenvalue weighted by Crippen LogP contribution is 2.29. The number of piperidine rings is 1. The summed E-state index contributed by atoms with van der Waals surface area (Å²) < 4.78 is 6.10. The number of aromatic amines is 1. The molecule has 1 saturated heterocycles. The molecule has 2 aromatic carbocycles. The van der Waals surface area contributed by atoms with Crippen LogP contribution in [0.3, 0.4) is 0 Å². The number of likely N-dealkylation sites (tertiary alicyclic amines) is 1. The molecule has 0 spiro atoms. The van der Waals surface area contributed by atoms with Crippen molar-refractivity contribution in [2.75, 3.05) is 25.5 Å². The van der Waals surface area contributed by atoms with Crippen molar-refractivity contribution in [3.05, 3.63) is 87.6 Å². The summed E-state index contributed by atoms with van der Waals surface area (Å²) in [6.07, 6.45) is 6.03. The van der Waals surface area contributed by atoms with E-state index in [-0.39, 0.29) is 17.7 Å². The van der Waals surface area contributed by atoms with E-state index in [1.165, 1.54) is 24.2 Å². The van der Waals surface area contributed by atoms with Gasteiger partial charge >= 0.3 is 6.09 Å². The zero-order chi connectivity index (χ0) is 34.2. The average Bonchev–Trinajstić information content (AvgIpc) is 3.62. The molecule has 3 amide bonds. The molecule has 4 aromatic rings. The number of benzene rings is 2. The third-order valence-corrected chi connectivity index (χ3v) is 8.25. The lowest BCUT2D eigenvalue weighted by Gasteiger charge is -2.35. The molecule has 2 unspecified atom stereocenters. The van der Waals surface area contributed by atoms with Crippen LogP contribution in [0.2, 0.25) is 5.02 Å². The minimum Gasteiger partial charge on any atom is -0.453 e. The minimum absolute atomic E-state index is 0.0796. The lowest BCUT2D eigenvalue weighted by Crippen LogP contribution is -2.43. The highest BCUT2D eigenvalue weighted by atomic mass is 35.5. The Hall–Kier alpha value is -5.37. The molecule has 14 nitrogen and oxygen atoms in total. The summed E-state index contributed by atoms with van der Waals surface area (Å²) in [5.74, 6) is -0.346. The van der Waals surface area contributed by atoms with Crippen molar-refractivity contribution >= 4 is 41.3 Å². The van der Waals surface area contributed by atoms with Gasteiger partial charge in [0, 0.05) is 41.4 Å². The lowest BCUT2D eigenvalue weighted by molar-refractivity contribution is -0.136. The molecule has 0 radical (unpaired) electrons. The standard InChI is InChI=1S/C33H36ClN9O5/c1-20(2)32(46)42-14-4-5-21(18-42)15-27(37-30(44)13-8-23-16-24(34)9-12-29(23)43-19-35-40-41-43)28-17-26(31(45)39-38-28)22-6-10-25(11-7-22)36-33(47)48-3/h6-13,16-17,19-21,27H,4-5,14-15,18H2,1-3H3,(H,36,47)(H,37,44)(H,39,45). The fourth-order valence-corrected chi connectivity index (χ4v) is 5.83. The molecular formula is C33H36ClN9O5. The predicted octanol–water partition coefficient (Wildman–Crippen LogP) is 4.40. The smallest absolute Gasteiger partial charge is 0.411 e. The van der Waals surface area contributed by atoms with Crippen LogP contribution in [0.25, 0.3) is 22.9 Å². The van der Waals surface area contributed by atoms with Crippen LogP contribution in [0.1, 0.15) is 50.4 Å². The number of halogens is 1. The Morgan fingerprint density at radius 1 is 1.15 bits per heavy atom. The van der Waals surface area contributed by atoms with E-state index < -0.39 is 23.6 Å². The summed E-state index contributed by atoms with van der Waals surface area (Å²) in [5.41, 5.74) is 2.70. The first-order valence-electron chi connectivity index (χ1n) is 15.5. The van der Waals surface area contributed by atoms with Crippen LogP contribution in [-0.4, -0.2) is 73.4 Å². The van der Waals surface area contributed by atoms with Crippen molar-refractivity contribution in [3.63, 3.8) is 0 Å². The zero-order valence-corrected chi connectivity index (χ0v) is 27.5. The maximum Gasteiger partial charge on any atom is 0.411 e. The molecule has 48 heavy (non-hydrogen) atoms. The van der Waals surface area contributed by atoms with Crippen LogP contribution in [-0.2, 0) is 14.3 Å². The van der Waals surface area contributed by atoms with Gasteiger partial charge in [-0.15, -0.1) is 5.10 Å². The Kier molecular flexibility index (Phi) is 11.0. The van der Waals surface area contributed by atoms with Crippen molar-refractivity contribution in [2.24, 2.45) is 11.8 Å². The number of carbonyl (C=O) groups excluding carboxylic acids is 3. The molecule has 0 bridgehead atoms. The van der Waals surface area contributed by atoms with Gasteiger partial charge in [0.1, 0.15) is 6.33 Å². The predicted molar refractivity (Wildman–Crippen MR) is 179 cm³/mol. The molecule has 0 aliphatic carbocycles. The molecule has 1 fully saturated rings. The third-order valence-electron chi connectivity index (χ3n) is 8.02. The second-order valence-corrected chi connectivity index (χ2v) is 12.2. The molecule has 3 N–H and O–H groups in total. The van der Waals surface area contributed by atoms with Crippen LogP contribution in [0.15, 0.2) is 65.7 Å². The maximum absolute atomic E-state index is 13.5. The van der Waals surface area contributed by atoms with Gasteiger partial charge in [-0.25, -0.2) is 9.89 Å². The van der Waals surface area contributed by atoms with Crippen molar-refractivity contribution in [1.29, 1.82) is 0 Å². The maximum atomic E-state index is 13.5. The molecule has 5 rings (SSSR count). The van der Waals surface area contributed by atoms with Crippen LogP contribution in [0.4, 0.5) is 10.5 Å². The number of nitrogens with one attached hydrogen (secondary N) is 3. The Bertz CT molecular complexity index is 1840. The molecule has 3 heterocycles. The number of nitrogens with zero attached hydrogens (tertiary/aromatic N) is 6. The van der Waals surface area contributed by atoms with Gasteiger partial charge in [-0.3, -0.25) is 19.7 Å². The molecule has 2 aromatic heterocycles. The van der Waals surface area contributed by atoms with Gasteiger partial charge in [0.25, 0.3) is 5.56 Å². The highest BCUT2D eigenvalue weighted by molar-refractivity contribution is 6.30. The van der Waals surface area contributed by atoms with E-state index in [1.54, 1.807) is 54.6 Å². The second kappa shape index (κ2) is 15.5. The van der Waals surface area contributed by atoms with Crippen LogP contribution in [0, 0.1) is 11.8 Å². The number of rotatable bonds is 10. The summed E-state index contributed by atoms with van der Waals surface area (Å²) in [5, 5.41) is 24.3. The van der Waals surface area contributed by atoms with Gasteiger partial charge < -0.3 is 15.0 Å². The first kappa shape index (κ1) is 34.0. The van der Waals surface area contributed by atoms with Crippen LogP contribution >= 0.6 is 11.6 Å². The molecule has 15 heteroatoms. The average molecular weight is 674 g/mol. The molecule has 1 aliphatic heterocycles. The molecular weight excluding hydrogens is 638 g/mol. The summed E-state index contributed by atoms with van der Waals surface area (Å²) >= 11 is 6.25. The fourth-order valence-electron chi connectivity index (χ4n) is 5.65. The molecule has 250 valence electrons. The first-order chi connectivity index (χ1) is 23.1. The number of carbonyl (C=O) groups is 3. The Morgan fingerprint density at radius 2 is 1.94 bits per heavy atom. The van der Waals surface area contributed by atoms with Crippen molar-refractivity contribution in [3.8, 4) is 16.8 Å². The minimum atomic E-state index is -0.613. The molecule has 2 atom stereocenters. The van der Waals surface area contributed by atoms with E-state index >= 15 is 0 Å². The summed E-state index contributed by atoms with van der Waals surface area (Å²) in [7, 11) is 1.27. The van der Waals surface area contributed by atoms with Crippen molar-refractivity contribution in [1.82, 2.24) is 40.6 Å². The normalized spacial score (nSPS) is 15.4. The topological polar surface area (TPSA) is 177 Å². The van der Waals surface area contributed by atoms with Gasteiger partial charge in [0.15, 0.2) is 0 Å². The number of ether oxygens (including phenoxy) is 1. The zero-order valence-electron chi connectivity index (χ0n) is 26.7. The number of amides is 3. The number of anilines is 1. The van der Waals surface area contributed by atoms with Crippen LogP contribution in [0.5, 0.6) is 0 Å². The number of aromatic nitrogens is 6.